The zero-order chi connectivity index (χ0) is 21.2. The second-order valence-electron chi connectivity index (χ2n) is 7.24. The molecule has 0 unspecified atom stereocenters. The molecule has 0 aliphatic heterocycles. The van der Waals surface area contributed by atoms with E-state index in [1.165, 1.54) is 0 Å². The van der Waals surface area contributed by atoms with Gasteiger partial charge in [0.2, 0.25) is 0 Å². The van der Waals surface area contributed by atoms with Crippen molar-refractivity contribution in [3.63, 3.8) is 0 Å². The summed E-state index contributed by atoms with van der Waals surface area (Å²) in [6.45, 7) is 0.322. The topological polar surface area (TPSA) is 75.1 Å². The minimum Gasteiger partial charge on any atom is -0.504 e. The van der Waals surface area contributed by atoms with Crippen LogP contribution in [-0.4, -0.2) is 21.0 Å². The lowest BCUT2D eigenvalue weighted by molar-refractivity contribution is 0.0943. The van der Waals surface area contributed by atoms with Crippen LogP contribution in [0.2, 0.25) is 0 Å². The second-order valence-corrected chi connectivity index (χ2v) is 7.24. The molecule has 5 nitrogen and oxygen atoms in total. The van der Waals surface area contributed by atoms with Crippen LogP contribution in [0.15, 0.2) is 91.1 Å². The van der Waals surface area contributed by atoms with Crippen molar-refractivity contribution in [3.8, 4) is 17.0 Å². The minimum atomic E-state index is -0.449. The van der Waals surface area contributed by atoms with Crippen LogP contribution in [0, 0.1) is 0 Å². The van der Waals surface area contributed by atoms with Gasteiger partial charge < -0.3 is 10.4 Å². The Balaban J connectivity index is 1.54. The van der Waals surface area contributed by atoms with Gasteiger partial charge in [0, 0.05) is 23.7 Å². The van der Waals surface area contributed by atoms with Gasteiger partial charge in [0.05, 0.1) is 5.69 Å². The molecule has 0 saturated heterocycles. The molecule has 31 heavy (non-hydrogen) atoms. The number of nitrogens with one attached hydrogen (secondary N) is 1. The van der Waals surface area contributed by atoms with Crippen molar-refractivity contribution in [2.24, 2.45) is 0 Å². The second kappa shape index (κ2) is 7.88. The van der Waals surface area contributed by atoms with Crippen LogP contribution in [0.4, 0.5) is 0 Å². The Morgan fingerprint density at radius 3 is 2.45 bits per heavy atom. The molecule has 0 spiro atoms. The Morgan fingerprint density at radius 1 is 0.839 bits per heavy atom. The van der Waals surface area contributed by atoms with Gasteiger partial charge in [-0.3, -0.25) is 9.78 Å². The van der Waals surface area contributed by atoms with E-state index in [0.29, 0.717) is 23.1 Å². The number of pyridine rings is 2. The van der Waals surface area contributed by atoms with Crippen molar-refractivity contribution in [1.82, 2.24) is 15.3 Å². The van der Waals surface area contributed by atoms with E-state index in [-0.39, 0.29) is 11.4 Å². The highest BCUT2D eigenvalue weighted by atomic mass is 16.3. The normalized spacial score (nSPS) is 11.0. The fourth-order valence-corrected chi connectivity index (χ4v) is 3.80. The van der Waals surface area contributed by atoms with Crippen molar-refractivity contribution < 1.29 is 9.90 Å². The largest absolute Gasteiger partial charge is 0.504 e. The van der Waals surface area contributed by atoms with Gasteiger partial charge >= 0.3 is 0 Å². The summed E-state index contributed by atoms with van der Waals surface area (Å²) in [7, 11) is 0. The van der Waals surface area contributed by atoms with E-state index in [1.807, 2.05) is 78.9 Å². The van der Waals surface area contributed by atoms with E-state index in [2.05, 4.69) is 15.3 Å². The van der Waals surface area contributed by atoms with Gasteiger partial charge in [0.15, 0.2) is 11.4 Å². The van der Waals surface area contributed by atoms with Gasteiger partial charge in [-0.2, -0.15) is 0 Å². The van der Waals surface area contributed by atoms with Gasteiger partial charge in [-0.05, 0) is 28.5 Å². The number of hydrogen-bond donors (Lipinski definition) is 2. The maximum absolute atomic E-state index is 13.0. The third-order valence-corrected chi connectivity index (χ3v) is 5.32. The van der Waals surface area contributed by atoms with Crippen LogP contribution in [0.5, 0.6) is 5.75 Å². The number of amides is 1. The number of carbonyl (C=O) groups excluding carboxylic acids is 1. The van der Waals surface area contributed by atoms with Gasteiger partial charge in [0.25, 0.3) is 5.91 Å². The first-order valence-corrected chi connectivity index (χ1v) is 10.0. The summed E-state index contributed by atoms with van der Waals surface area (Å²) in [5.74, 6) is -0.666. The highest BCUT2D eigenvalue weighted by Gasteiger charge is 2.20. The lowest BCUT2D eigenvalue weighted by Crippen LogP contribution is -2.24. The Kier molecular flexibility index (Phi) is 4.77. The van der Waals surface area contributed by atoms with Crippen LogP contribution < -0.4 is 5.32 Å². The zero-order valence-corrected chi connectivity index (χ0v) is 16.6. The smallest absolute Gasteiger partial charge is 0.274 e. The van der Waals surface area contributed by atoms with E-state index in [9.17, 15) is 9.90 Å². The molecule has 5 rings (SSSR count). The SMILES string of the molecule is O=C(NCc1cccc2ccccc12)c1nc(-c2ccccc2)c2cccnc2c1O. The molecule has 1 amide bonds. The number of hydrogen-bond acceptors (Lipinski definition) is 4. The van der Waals surface area contributed by atoms with Crippen LogP contribution in [0.3, 0.4) is 0 Å². The maximum Gasteiger partial charge on any atom is 0.274 e. The molecule has 0 saturated carbocycles. The Morgan fingerprint density at radius 2 is 1.58 bits per heavy atom. The Bertz CT molecular complexity index is 1410. The molecule has 2 heterocycles. The molecular formula is C26H19N3O2. The average Bonchev–Trinajstić information content (AvgIpc) is 2.83. The molecule has 0 aliphatic carbocycles. The lowest BCUT2D eigenvalue weighted by atomic mass is 10.0. The maximum atomic E-state index is 13.0. The van der Waals surface area contributed by atoms with Crippen LogP contribution in [0.1, 0.15) is 16.1 Å². The number of nitrogens with zero attached hydrogens (tertiary/aromatic N) is 2. The number of aromatic nitrogens is 2. The fourth-order valence-electron chi connectivity index (χ4n) is 3.80. The quantitative estimate of drug-likeness (QED) is 0.437. The number of rotatable bonds is 4. The van der Waals surface area contributed by atoms with Crippen molar-refractivity contribution >= 4 is 27.6 Å². The van der Waals surface area contributed by atoms with Crippen LogP contribution in [-0.2, 0) is 6.54 Å². The number of aromatic hydroxyl groups is 1. The van der Waals surface area contributed by atoms with E-state index < -0.39 is 5.91 Å². The Labute approximate surface area is 179 Å². The molecule has 5 aromatic rings. The molecular weight excluding hydrogens is 386 g/mol. The molecule has 0 radical (unpaired) electrons. The van der Waals surface area contributed by atoms with E-state index >= 15 is 0 Å². The molecule has 2 N–H and O–H groups in total. The molecule has 150 valence electrons. The van der Waals surface area contributed by atoms with Crippen LogP contribution in [0.25, 0.3) is 32.9 Å². The number of fused-ring (bicyclic) bond motifs is 2. The molecule has 0 fully saturated rings. The lowest BCUT2D eigenvalue weighted by Gasteiger charge is -2.12. The van der Waals surface area contributed by atoms with E-state index in [1.54, 1.807) is 12.3 Å². The van der Waals surface area contributed by atoms with Crippen LogP contribution >= 0.6 is 0 Å². The average molecular weight is 405 g/mol. The summed E-state index contributed by atoms with van der Waals surface area (Å²) in [6, 6.07) is 27.2. The summed E-state index contributed by atoms with van der Waals surface area (Å²) in [5, 5.41) is 16.6. The van der Waals surface area contributed by atoms with E-state index in [4.69, 9.17) is 0 Å². The predicted molar refractivity (Wildman–Crippen MR) is 122 cm³/mol. The number of benzene rings is 3. The summed E-state index contributed by atoms with van der Waals surface area (Å²) in [5.41, 5.74) is 2.77. The monoisotopic (exact) mass is 405 g/mol. The minimum absolute atomic E-state index is 0.0368. The molecule has 0 bridgehead atoms. The third-order valence-electron chi connectivity index (χ3n) is 5.32. The summed E-state index contributed by atoms with van der Waals surface area (Å²) in [6.07, 6.45) is 1.59. The molecule has 3 aromatic carbocycles. The first kappa shape index (κ1) is 18.8. The first-order chi connectivity index (χ1) is 15.2. The summed E-state index contributed by atoms with van der Waals surface area (Å²) < 4.78 is 0. The summed E-state index contributed by atoms with van der Waals surface area (Å²) >= 11 is 0. The summed E-state index contributed by atoms with van der Waals surface area (Å²) in [4.78, 5) is 21.9. The predicted octanol–water partition coefficient (Wildman–Crippen LogP) is 5.09. The van der Waals surface area contributed by atoms with Crippen molar-refractivity contribution in [2.75, 3.05) is 0 Å². The molecule has 5 heteroatoms. The van der Waals surface area contributed by atoms with Gasteiger partial charge in [-0.1, -0.05) is 72.8 Å². The van der Waals surface area contributed by atoms with Gasteiger partial charge in [-0.25, -0.2) is 4.98 Å². The zero-order valence-electron chi connectivity index (χ0n) is 16.6. The first-order valence-electron chi connectivity index (χ1n) is 10.0. The van der Waals surface area contributed by atoms with Crippen molar-refractivity contribution in [3.05, 3.63) is 102 Å². The molecule has 0 aliphatic rings. The van der Waals surface area contributed by atoms with Gasteiger partial charge in [0.1, 0.15) is 5.52 Å². The molecule has 2 aromatic heterocycles. The highest BCUT2D eigenvalue weighted by molar-refractivity contribution is 6.04. The Hall–Kier alpha value is -4.25. The highest BCUT2D eigenvalue weighted by Crippen LogP contribution is 2.33. The van der Waals surface area contributed by atoms with E-state index in [0.717, 1.165) is 21.9 Å². The van der Waals surface area contributed by atoms with Crippen molar-refractivity contribution in [2.45, 2.75) is 6.54 Å². The number of carbonyl (C=O) groups is 1. The van der Waals surface area contributed by atoms with Crippen molar-refractivity contribution in [1.29, 1.82) is 0 Å². The third kappa shape index (κ3) is 3.46. The van der Waals surface area contributed by atoms with Gasteiger partial charge in [-0.15, -0.1) is 0 Å². The standard InChI is InChI=1S/C26H19N3O2/c30-25-23-21(14-7-15-27-23)22(18-9-2-1-3-10-18)29-24(25)26(31)28-16-19-12-6-11-17-8-4-5-13-20(17)19/h1-15,30H,16H2,(H,28,31). The fraction of sp³-hybridized carbons (Fsp3) is 0.0385. The molecule has 0 atom stereocenters.